The van der Waals surface area contributed by atoms with Crippen LogP contribution in [0.25, 0.3) is 0 Å². The summed E-state index contributed by atoms with van der Waals surface area (Å²) in [6, 6.07) is 8.43. The van der Waals surface area contributed by atoms with Crippen molar-refractivity contribution in [2.24, 2.45) is 0 Å². The van der Waals surface area contributed by atoms with E-state index in [0.29, 0.717) is 11.1 Å². The van der Waals surface area contributed by atoms with E-state index >= 15 is 0 Å². The zero-order chi connectivity index (χ0) is 10.1. The predicted octanol–water partition coefficient (Wildman–Crippen LogP) is 2.79. The van der Waals surface area contributed by atoms with E-state index in [1.807, 2.05) is 6.07 Å². The summed E-state index contributed by atoms with van der Waals surface area (Å²) < 4.78 is 0. The van der Waals surface area contributed by atoms with Gasteiger partial charge >= 0.3 is 0 Å². The van der Waals surface area contributed by atoms with Gasteiger partial charge in [0.1, 0.15) is 6.29 Å². The summed E-state index contributed by atoms with van der Waals surface area (Å²) in [5.74, 6) is 0. The molecule has 0 spiro atoms. The van der Waals surface area contributed by atoms with Crippen LogP contribution >= 0.6 is 0 Å². The van der Waals surface area contributed by atoms with Crippen LogP contribution in [0.2, 0.25) is 0 Å². The summed E-state index contributed by atoms with van der Waals surface area (Å²) in [4.78, 5) is 10.1. The molecule has 2 nitrogen and oxygen atoms in total. The molecule has 0 aliphatic carbocycles. The Bertz CT molecular complexity index is 282. The maximum atomic E-state index is 10.1. The largest absolute Gasteiger partial charge is 0.298 e. The second kappa shape index (κ2) is 7.05. The smallest absolute Gasteiger partial charge is 0.150 e. The van der Waals surface area contributed by atoms with Crippen LogP contribution in [0.4, 0.5) is 0 Å². The van der Waals surface area contributed by atoms with Crippen molar-refractivity contribution in [1.29, 1.82) is 5.26 Å². The molecule has 1 aromatic carbocycles. The topological polar surface area (TPSA) is 40.9 Å². The minimum absolute atomic E-state index is 0.575. The van der Waals surface area contributed by atoms with Crippen molar-refractivity contribution >= 4 is 6.29 Å². The summed E-state index contributed by atoms with van der Waals surface area (Å²) in [5.41, 5.74) is 1.17. The van der Waals surface area contributed by atoms with Crippen LogP contribution < -0.4 is 0 Å². The highest BCUT2D eigenvalue weighted by Gasteiger charge is 1.88. The maximum Gasteiger partial charge on any atom is 0.150 e. The Hall–Kier alpha value is -1.62. The molecule has 0 amide bonds. The molecule has 0 atom stereocenters. The number of nitrogens with zero attached hydrogens (tertiary/aromatic N) is 1. The lowest BCUT2D eigenvalue weighted by Crippen LogP contribution is -1.78. The van der Waals surface area contributed by atoms with E-state index < -0.39 is 0 Å². The molecular weight excluding hydrogens is 162 g/mol. The lowest BCUT2D eigenvalue weighted by atomic mass is 10.2. The summed E-state index contributed by atoms with van der Waals surface area (Å²) in [5, 5.41) is 8.36. The number of rotatable bonds is 1. The lowest BCUT2D eigenvalue weighted by molar-refractivity contribution is 0.112. The predicted molar refractivity (Wildman–Crippen MR) is 52.5 cm³/mol. The Morgan fingerprint density at radius 3 is 2.08 bits per heavy atom. The SMILES string of the molecule is CCC.N#Cc1ccc(C=O)cc1. The highest BCUT2D eigenvalue weighted by atomic mass is 16.1. The Labute approximate surface area is 78.8 Å². The number of carbonyl (C=O) groups is 1. The average Bonchev–Trinajstić information content (AvgIpc) is 2.19. The zero-order valence-electron chi connectivity index (χ0n) is 7.95. The van der Waals surface area contributed by atoms with Gasteiger partial charge in [0.15, 0.2) is 0 Å². The number of hydrogen-bond donors (Lipinski definition) is 0. The fourth-order valence-electron chi connectivity index (χ4n) is 0.636. The van der Waals surface area contributed by atoms with E-state index in [4.69, 9.17) is 5.26 Å². The maximum absolute atomic E-state index is 10.1. The van der Waals surface area contributed by atoms with Gasteiger partial charge in [-0.05, 0) is 12.1 Å². The van der Waals surface area contributed by atoms with Gasteiger partial charge in [-0.15, -0.1) is 0 Å². The zero-order valence-corrected chi connectivity index (χ0v) is 7.95. The van der Waals surface area contributed by atoms with Crippen LogP contribution in [0.3, 0.4) is 0 Å². The highest BCUT2D eigenvalue weighted by Crippen LogP contribution is 1.99. The summed E-state index contributed by atoms with van der Waals surface area (Å²) in [6.07, 6.45) is 2.00. The van der Waals surface area contributed by atoms with Crippen molar-refractivity contribution < 1.29 is 4.79 Å². The van der Waals surface area contributed by atoms with E-state index in [1.165, 1.54) is 6.42 Å². The molecule has 1 aromatic rings. The number of nitriles is 1. The first-order chi connectivity index (χ1) is 6.28. The fourth-order valence-corrected chi connectivity index (χ4v) is 0.636. The third kappa shape index (κ3) is 4.76. The van der Waals surface area contributed by atoms with Crippen LogP contribution in [0, 0.1) is 11.3 Å². The first kappa shape index (κ1) is 11.4. The Morgan fingerprint density at radius 1 is 1.31 bits per heavy atom. The van der Waals surface area contributed by atoms with E-state index in [-0.39, 0.29) is 0 Å². The molecule has 13 heavy (non-hydrogen) atoms. The number of carbonyl (C=O) groups excluding carboxylic acids is 1. The molecule has 0 aliphatic rings. The summed E-state index contributed by atoms with van der Waals surface area (Å²) in [6.45, 7) is 4.25. The summed E-state index contributed by atoms with van der Waals surface area (Å²) in [7, 11) is 0. The molecule has 0 N–H and O–H groups in total. The van der Waals surface area contributed by atoms with Gasteiger partial charge in [0, 0.05) is 5.56 Å². The highest BCUT2D eigenvalue weighted by molar-refractivity contribution is 5.74. The van der Waals surface area contributed by atoms with Crippen LogP contribution in [0.1, 0.15) is 36.2 Å². The number of benzene rings is 1. The quantitative estimate of drug-likeness (QED) is 0.616. The van der Waals surface area contributed by atoms with Crippen molar-refractivity contribution in [2.45, 2.75) is 20.3 Å². The normalized spacial score (nSPS) is 7.77. The third-order valence-electron chi connectivity index (χ3n) is 1.18. The monoisotopic (exact) mass is 175 g/mol. The van der Waals surface area contributed by atoms with Crippen LogP contribution in [0.5, 0.6) is 0 Å². The van der Waals surface area contributed by atoms with Crippen LogP contribution in [-0.2, 0) is 0 Å². The molecular formula is C11H13NO. The molecule has 0 heterocycles. The Balaban J connectivity index is 0.000000424. The molecule has 0 saturated heterocycles. The molecule has 0 radical (unpaired) electrons. The standard InChI is InChI=1S/C8H5NO.C3H8/c9-5-7-1-3-8(6-10)4-2-7;1-3-2/h1-4,6H;3H2,1-2H3. The van der Waals surface area contributed by atoms with Gasteiger partial charge < -0.3 is 0 Å². The van der Waals surface area contributed by atoms with Gasteiger partial charge in [0.2, 0.25) is 0 Å². The molecule has 0 aromatic heterocycles. The van der Waals surface area contributed by atoms with E-state index in [1.54, 1.807) is 24.3 Å². The second-order valence-electron chi connectivity index (χ2n) is 2.56. The van der Waals surface area contributed by atoms with Crippen molar-refractivity contribution in [3.8, 4) is 6.07 Å². The molecule has 0 unspecified atom stereocenters. The average molecular weight is 175 g/mol. The molecule has 0 aliphatic heterocycles. The van der Waals surface area contributed by atoms with Gasteiger partial charge in [0.25, 0.3) is 0 Å². The van der Waals surface area contributed by atoms with Crippen molar-refractivity contribution in [3.05, 3.63) is 35.4 Å². The van der Waals surface area contributed by atoms with E-state index in [2.05, 4.69) is 13.8 Å². The first-order valence-corrected chi connectivity index (χ1v) is 4.23. The fraction of sp³-hybridized carbons (Fsp3) is 0.273. The van der Waals surface area contributed by atoms with E-state index in [9.17, 15) is 4.79 Å². The molecule has 68 valence electrons. The molecule has 0 saturated carbocycles. The number of aldehydes is 1. The lowest BCUT2D eigenvalue weighted by Gasteiger charge is -1.87. The van der Waals surface area contributed by atoms with Crippen LogP contribution in [0.15, 0.2) is 24.3 Å². The molecule has 0 fully saturated rings. The number of hydrogen-bond acceptors (Lipinski definition) is 2. The van der Waals surface area contributed by atoms with Gasteiger partial charge in [0.05, 0.1) is 11.6 Å². The first-order valence-electron chi connectivity index (χ1n) is 4.23. The molecule has 1 rings (SSSR count). The van der Waals surface area contributed by atoms with Gasteiger partial charge in [-0.3, -0.25) is 4.79 Å². The minimum atomic E-state index is 0.575. The molecule has 0 bridgehead atoms. The van der Waals surface area contributed by atoms with Gasteiger partial charge in [-0.25, -0.2) is 0 Å². The van der Waals surface area contributed by atoms with Crippen molar-refractivity contribution in [1.82, 2.24) is 0 Å². The third-order valence-corrected chi connectivity index (χ3v) is 1.18. The second-order valence-corrected chi connectivity index (χ2v) is 2.56. The molecule has 2 heteroatoms. The summed E-state index contributed by atoms with van der Waals surface area (Å²) >= 11 is 0. The van der Waals surface area contributed by atoms with Crippen LogP contribution in [-0.4, -0.2) is 6.29 Å². The minimum Gasteiger partial charge on any atom is -0.298 e. The van der Waals surface area contributed by atoms with Crippen molar-refractivity contribution in [2.75, 3.05) is 0 Å². The Morgan fingerprint density at radius 2 is 1.77 bits per heavy atom. The van der Waals surface area contributed by atoms with Gasteiger partial charge in [-0.1, -0.05) is 32.4 Å². The van der Waals surface area contributed by atoms with Gasteiger partial charge in [-0.2, -0.15) is 5.26 Å². The van der Waals surface area contributed by atoms with Crippen molar-refractivity contribution in [3.63, 3.8) is 0 Å². The van der Waals surface area contributed by atoms with E-state index in [0.717, 1.165) is 6.29 Å². The Kier molecular flexibility index (Phi) is 6.17.